The smallest absolute Gasteiger partial charge is 0.170 e. The summed E-state index contributed by atoms with van der Waals surface area (Å²) < 4.78 is 6.28. The molecule has 0 aliphatic heterocycles. The van der Waals surface area contributed by atoms with Crippen molar-refractivity contribution in [2.24, 2.45) is 0 Å². The molecule has 0 aliphatic rings. The fourth-order valence-corrected chi connectivity index (χ4v) is 2.01. The number of furan rings is 1. The molecule has 2 rings (SSSR count). The first-order chi connectivity index (χ1) is 8.20. The zero-order valence-electron chi connectivity index (χ0n) is 9.57. The van der Waals surface area contributed by atoms with E-state index >= 15 is 0 Å². The number of carbonyl (C=O) groups excluding carboxylic acids is 1. The van der Waals surface area contributed by atoms with Crippen LogP contribution < -0.4 is 0 Å². The van der Waals surface area contributed by atoms with Crippen molar-refractivity contribution < 1.29 is 9.21 Å². The molecular weight excluding hydrogens is 280 g/mol. The highest BCUT2D eigenvalue weighted by Gasteiger charge is 2.13. The minimum absolute atomic E-state index is 0.109. The highest BCUT2D eigenvalue weighted by Crippen LogP contribution is 2.16. The van der Waals surface area contributed by atoms with Crippen molar-refractivity contribution in [1.82, 2.24) is 0 Å². The number of halogens is 1. The summed E-state index contributed by atoms with van der Waals surface area (Å²) in [5.74, 6) is 0.880. The summed E-state index contributed by atoms with van der Waals surface area (Å²) >= 11 is 3.37. The topological polar surface area (TPSA) is 30.2 Å². The zero-order valence-corrected chi connectivity index (χ0v) is 11.2. The second kappa shape index (κ2) is 5.32. The summed E-state index contributed by atoms with van der Waals surface area (Å²) in [5.41, 5.74) is 1.72. The molecule has 1 heterocycles. The van der Waals surface area contributed by atoms with Gasteiger partial charge in [0.1, 0.15) is 5.76 Å². The van der Waals surface area contributed by atoms with E-state index in [2.05, 4.69) is 15.9 Å². The van der Waals surface area contributed by atoms with Crippen molar-refractivity contribution in [3.8, 4) is 0 Å². The Balaban J connectivity index is 2.14. The van der Waals surface area contributed by atoms with Gasteiger partial charge in [0, 0.05) is 17.3 Å². The van der Waals surface area contributed by atoms with Crippen molar-refractivity contribution in [1.29, 1.82) is 0 Å². The van der Waals surface area contributed by atoms with Crippen molar-refractivity contribution >= 4 is 21.7 Å². The monoisotopic (exact) mass is 292 g/mol. The van der Waals surface area contributed by atoms with Gasteiger partial charge < -0.3 is 4.42 Å². The highest BCUT2D eigenvalue weighted by atomic mass is 79.9. The SMILES string of the molecule is CCc1occc1C(=O)Cc1ccc(Br)cc1. The molecular formula is C14H13BrO2. The average Bonchev–Trinajstić information content (AvgIpc) is 2.80. The van der Waals surface area contributed by atoms with Crippen molar-refractivity contribution in [2.75, 3.05) is 0 Å². The van der Waals surface area contributed by atoms with E-state index < -0.39 is 0 Å². The Hall–Kier alpha value is -1.35. The normalized spacial score (nSPS) is 10.5. The molecule has 1 aromatic carbocycles. The van der Waals surface area contributed by atoms with E-state index in [9.17, 15) is 4.79 Å². The molecule has 0 saturated heterocycles. The van der Waals surface area contributed by atoms with E-state index in [0.29, 0.717) is 12.0 Å². The molecule has 0 atom stereocenters. The molecule has 2 nitrogen and oxygen atoms in total. The Bertz CT molecular complexity index is 511. The lowest BCUT2D eigenvalue weighted by atomic mass is 10.0. The van der Waals surface area contributed by atoms with Crippen LogP contribution in [0, 0.1) is 0 Å². The molecule has 0 amide bonds. The van der Waals surface area contributed by atoms with Crippen molar-refractivity contribution in [3.63, 3.8) is 0 Å². The Morgan fingerprint density at radius 3 is 2.59 bits per heavy atom. The van der Waals surface area contributed by atoms with Crippen LogP contribution in [-0.2, 0) is 12.8 Å². The number of ketones is 1. The van der Waals surface area contributed by atoms with Crippen molar-refractivity contribution in [3.05, 3.63) is 58.0 Å². The van der Waals surface area contributed by atoms with Crippen LogP contribution >= 0.6 is 15.9 Å². The number of carbonyl (C=O) groups is 1. The third kappa shape index (κ3) is 2.86. The van der Waals surface area contributed by atoms with Gasteiger partial charge in [-0.25, -0.2) is 0 Å². The third-order valence-corrected chi connectivity index (χ3v) is 3.17. The lowest BCUT2D eigenvalue weighted by Gasteiger charge is -2.01. The van der Waals surface area contributed by atoms with Gasteiger partial charge in [0.2, 0.25) is 0 Å². The van der Waals surface area contributed by atoms with Crippen molar-refractivity contribution in [2.45, 2.75) is 19.8 Å². The zero-order chi connectivity index (χ0) is 12.3. The Morgan fingerprint density at radius 2 is 1.94 bits per heavy atom. The van der Waals surface area contributed by atoms with Gasteiger partial charge in [-0.2, -0.15) is 0 Å². The van der Waals surface area contributed by atoms with Crippen LogP contribution in [0.3, 0.4) is 0 Å². The van der Waals surface area contributed by atoms with Gasteiger partial charge in [-0.15, -0.1) is 0 Å². The van der Waals surface area contributed by atoms with Gasteiger partial charge in [-0.1, -0.05) is 35.0 Å². The van der Waals surface area contributed by atoms with Gasteiger partial charge in [-0.05, 0) is 23.8 Å². The number of rotatable bonds is 4. The first-order valence-electron chi connectivity index (χ1n) is 5.54. The Kier molecular flexibility index (Phi) is 3.79. The first kappa shape index (κ1) is 12.1. The maximum Gasteiger partial charge on any atom is 0.170 e. The lowest BCUT2D eigenvalue weighted by molar-refractivity contribution is 0.0991. The second-order valence-corrected chi connectivity index (χ2v) is 4.75. The molecule has 0 saturated carbocycles. The number of Topliss-reactive ketones (excluding diaryl/α,β-unsaturated/α-hetero) is 1. The van der Waals surface area contributed by atoms with Gasteiger partial charge >= 0.3 is 0 Å². The van der Waals surface area contributed by atoms with Crippen LogP contribution in [0.1, 0.15) is 28.6 Å². The first-order valence-corrected chi connectivity index (χ1v) is 6.34. The standard InChI is InChI=1S/C14H13BrO2/c1-2-14-12(7-8-17-14)13(16)9-10-3-5-11(15)6-4-10/h3-8H,2,9H2,1H3. The van der Waals surface area contributed by atoms with Crippen LogP contribution in [0.15, 0.2) is 45.5 Å². The second-order valence-electron chi connectivity index (χ2n) is 3.84. The van der Waals surface area contributed by atoms with Crippen LogP contribution in [0.2, 0.25) is 0 Å². The maximum atomic E-state index is 12.1. The van der Waals surface area contributed by atoms with E-state index in [1.165, 1.54) is 0 Å². The lowest BCUT2D eigenvalue weighted by Crippen LogP contribution is -2.04. The van der Waals surface area contributed by atoms with Crippen LogP contribution in [-0.4, -0.2) is 5.78 Å². The van der Waals surface area contributed by atoms with E-state index in [-0.39, 0.29) is 5.78 Å². The van der Waals surface area contributed by atoms with Gasteiger partial charge in [-0.3, -0.25) is 4.79 Å². The minimum Gasteiger partial charge on any atom is -0.469 e. The average molecular weight is 293 g/mol. The maximum absolute atomic E-state index is 12.1. The molecule has 0 spiro atoms. The van der Waals surface area contributed by atoms with E-state index in [0.717, 1.165) is 22.2 Å². The molecule has 0 bridgehead atoms. The Morgan fingerprint density at radius 1 is 1.24 bits per heavy atom. The third-order valence-electron chi connectivity index (χ3n) is 2.64. The van der Waals surface area contributed by atoms with E-state index in [1.807, 2.05) is 31.2 Å². The summed E-state index contributed by atoms with van der Waals surface area (Å²) in [6.07, 6.45) is 2.74. The predicted octanol–water partition coefficient (Wildman–Crippen LogP) is 4.03. The molecule has 1 aromatic heterocycles. The number of aryl methyl sites for hydroxylation is 1. The molecule has 88 valence electrons. The van der Waals surface area contributed by atoms with Gasteiger partial charge in [0.05, 0.1) is 11.8 Å². The number of benzene rings is 1. The summed E-state index contributed by atoms with van der Waals surface area (Å²) in [5, 5.41) is 0. The molecule has 2 aromatic rings. The summed E-state index contributed by atoms with van der Waals surface area (Å²) in [4.78, 5) is 12.1. The fraction of sp³-hybridized carbons (Fsp3) is 0.214. The largest absolute Gasteiger partial charge is 0.469 e. The summed E-state index contributed by atoms with van der Waals surface area (Å²) in [6, 6.07) is 9.54. The number of hydrogen-bond acceptors (Lipinski definition) is 2. The molecule has 0 unspecified atom stereocenters. The molecule has 17 heavy (non-hydrogen) atoms. The van der Waals surface area contributed by atoms with Crippen LogP contribution in [0.5, 0.6) is 0 Å². The highest BCUT2D eigenvalue weighted by molar-refractivity contribution is 9.10. The molecule has 3 heteroatoms. The van der Waals surface area contributed by atoms with Crippen LogP contribution in [0.25, 0.3) is 0 Å². The van der Waals surface area contributed by atoms with Crippen LogP contribution in [0.4, 0.5) is 0 Å². The van der Waals surface area contributed by atoms with E-state index in [1.54, 1.807) is 12.3 Å². The molecule has 0 fully saturated rings. The molecule has 0 radical (unpaired) electrons. The van der Waals surface area contributed by atoms with E-state index in [4.69, 9.17) is 4.42 Å². The molecule has 0 aliphatic carbocycles. The minimum atomic E-state index is 0.109. The van der Waals surface area contributed by atoms with Gasteiger partial charge in [0.25, 0.3) is 0 Å². The molecule has 0 N–H and O–H groups in total. The quantitative estimate of drug-likeness (QED) is 0.797. The predicted molar refractivity (Wildman–Crippen MR) is 70.3 cm³/mol. The summed E-state index contributed by atoms with van der Waals surface area (Å²) in [7, 11) is 0. The number of hydrogen-bond donors (Lipinski definition) is 0. The summed E-state index contributed by atoms with van der Waals surface area (Å²) in [6.45, 7) is 1.98. The van der Waals surface area contributed by atoms with Gasteiger partial charge in [0.15, 0.2) is 5.78 Å². The Labute approximate surface area is 109 Å². The fourth-order valence-electron chi connectivity index (χ4n) is 1.75.